The summed E-state index contributed by atoms with van der Waals surface area (Å²) in [6.07, 6.45) is 0. The van der Waals surface area contributed by atoms with Crippen molar-refractivity contribution < 1.29 is 9.47 Å². The lowest BCUT2D eigenvalue weighted by molar-refractivity contribution is -0.0479. The van der Waals surface area contributed by atoms with Gasteiger partial charge in [0, 0.05) is 0 Å². The molecule has 0 bridgehead atoms. The molecule has 9 heavy (non-hydrogen) atoms. The van der Waals surface area contributed by atoms with Crippen LogP contribution in [0, 0.1) is 0 Å². The van der Waals surface area contributed by atoms with E-state index in [0.29, 0.717) is 0 Å². The summed E-state index contributed by atoms with van der Waals surface area (Å²) >= 11 is 0. The quantitative estimate of drug-likeness (QED) is 0.295. The predicted octanol–water partition coefficient (Wildman–Crippen LogP) is 0.293. The maximum atomic E-state index is 4.75. The molecule has 0 radical (unpaired) electrons. The molecule has 0 amide bonds. The van der Waals surface area contributed by atoms with E-state index in [-0.39, 0.29) is 20.3 Å². The minimum Gasteiger partial charge on any atom is -0.333 e. The zero-order chi connectivity index (χ0) is 6.95. The van der Waals surface area contributed by atoms with Gasteiger partial charge in [-0.15, -0.1) is 0 Å². The van der Waals surface area contributed by atoms with Gasteiger partial charge in [0.05, 0.1) is 0 Å². The Labute approximate surface area is 54.2 Å². The minimum absolute atomic E-state index is 0.192. The Morgan fingerprint density at radius 2 is 1.44 bits per heavy atom. The molecular formula is C5H10N2O2. The molecule has 0 saturated heterocycles. The fourth-order valence-electron chi connectivity index (χ4n) is 0.263. The molecule has 0 aliphatic carbocycles. The first-order valence-electron chi connectivity index (χ1n) is 2.42. The average molecular weight is 130 g/mol. The maximum Gasteiger partial charge on any atom is 0.151 e. The molecule has 0 rings (SSSR count). The van der Waals surface area contributed by atoms with Crippen LogP contribution in [0.15, 0.2) is 9.98 Å². The van der Waals surface area contributed by atoms with Crippen molar-refractivity contribution in [1.82, 2.24) is 0 Å². The van der Waals surface area contributed by atoms with Gasteiger partial charge in [-0.2, -0.15) is 0 Å². The van der Waals surface area contributed by atoms with Crippen molar-refractivity contribution >= 4 is 13.4 Å². The van der Waals surface area contributed by atoms with Gasteiger partial charge in [0.15, 0.2) is 6.79 Å². The molecule has 0 saturated carbocycles. The molecule has 0 unspecified atom stereocenters. The van der Waals surface area contributed by atoms with Crippen molar-refractivity contribution in [2.45, 2.75) is 0 Å². The SMILES string of the molecule is C=NCOCOCN=C. The molecule has 4 heteroatoms. The summed E-state index contributed by atoms with van der Waals surface area (Å²) < 4.78 is 9.49. The first kappa shape index (κ1) is 8.26. The van der Waals surface area contributed by atoms with E-state index < -0.39 is 0 Å². The number of hydrogen-bond acceptors (Lipinski definition) is 4. The van der Waals surface area contributed by atoms with E-state index in [1.165, 1.54) is 0 Å². The summed E-state index contributed by atoms with van der Waals surface area (Å²) in [5.74, 6) is 0. The lowest BCUT2D eigenvalue weighted by Crippen LogP contribution is -1.99. The highest BCUT2D eigenvalue weighted by molar-refractivity contribution is 5.22. The third-order valence-electron chi connectivity index (χ3n) is 0.532. The Bertz CT molecular complexity index is 75.0. The number of ether oxygens (including phenoxy) is 2. The van der Waals surface area contributed by atoms with Crippen LogP contribution in [-0.2, 0) is 9.47 Å². The zero-order valence-electron chi connectivity index (χ0n) is 5.25. The van der Waals surface area contributed by atoms with Crippen LogP contribution in [0.4, 0.5) is 0 Å². The second kappa shape index (κ2) is 7.26. The predicted molar refractivity (Wildman–Crippen MR) is 35.9 cm³/mol. The molecule has 0 aromatic heterocycles. The van der Waals surface area contributed by atoms with Crippen LogP contribution in [0.1, 0.15) is 0 Å². The molecule has 0 heterocycles. The highest BCUT2D eigenvalue weighted by atomic mass is 16.7. The summed E-state index contributed by atoms with van der Waals surface area (Å²) in [5, 5.41) is 0. The van der Waals surface area contributed by atoms with Gasteiger partial charge in [0.2, 0.25) is 0 Å². The molecule has 0 aromatic carbocycles. The molecule has 0 spiro atoms. The third-order valence-corrected chi connectivity index (χ3v) is 0.532. The maximum absolute atomic E-state index is 4.75. The van der Waals surface area contributed by atoms with Gasteiger partial charge in [-0.25, -0.2) is 0 Å². The summed E-state index contributed by atoms with van der Waals surface area (Å²) in [7, 11) is 0. The molecular weight excluding hydrogens is 120 g/mol. The minimum atomic E-state index is 0.192. The molecule has 0 N–H and O–H groups in total. The molecule has 4 nitrogen and oxygen atoms in total. The van der Waals surface area contributed by atoms with Crippen LogP contribution in [0.2, 0.25) is 0 Å². The Hall–Kier alpha value is -0.740. The summed E-state index contributed by atoms with van der Waals surface area (Å²) in [5.41, 5.74) is 0. The summed E-state index contributed by atoms with van der Waals surface area (Å²) in [6.45, 7) is 7.14. The topological polar surface area (TPSA) is 43.2 Å². The number of nitrogens with zero attached hydrogens (tertiary/aromatic N) is 2. The second-order valence-corrected chi connectivity index (χ2v) is 1.23. The van der Waals surface area contributed by atoms with Crippen LogP contribution in [0.25, 0.3) is 0 Å². The van der Waals surface area contributed by atoms with Gasteiger partial charge >= 0.3 is 0 Å². The van der Waals surface area contributed by atoms with E-state index in [9.17, 15) is 0 Å². The Kier molecular flexibility index (Phi) is 6.66. The van der Waals surface area contributed by atoms with Crippen molar-refractivity contribution in [3.63, 3.8) is 0 Å². The van der Waals surface area contributed by atoms with Crippen LogP contribution in [0.5, 0.6) is 0 Å². The largest absolute Gasteiger partial charge is 0.333 e. The van der Waals surface area contributed by atoms with E-state index >= 15 is 0 Å². The van der Waals surface area contributed by atoms with Gasteiger partial charge in [0.25, 0.3) is 0 Å². The highest BCUT2D eigenvalue weighted by Crippen LogP contribution is 1.77. The molecule has 0 aromatic rings. The van der Waals surface area contributed by atoms with Gasteiger partial charge < -0.3 is 9.47 Å². The van der Waals surface area contributed by atoms with Crippen molar-refractivity contribution in [2.24, 2.45) is 9.98 Å². The fourth-order valence-corrected chi connectivity index (χ4v) is 0.263. The first-order chi connectivity index (χ1) is 4.41. The molecule has 0 aliphatic rings. The normalized spacial score (nSPS) is 8.89. The molecule has 0 aliphatic heterocycles. The van der Waals surface area contributed by atoms with Gasteiger partial charge in [-0.05, 0) is 13.4 Å². The monoisotopic (exact) mass is 130 g/mol. The van der Waals surface area contributed by atoms with Crippen molar-refractivity contribution in [2.75, 3.05) is 20.3 Å². The molecule has 52 valence electrons. The summed E-state index contributed by atoms with van der Waals surface area (Å²) in [6, 6.07) is 0. The fraction of sp³-hybridized carbons (Fsp3) is 0.600. The van der Waals surface area contributed by atoms with Crippen LogP contribution < -0.4 is 0 Å². The Balaban J connectivity index is 2.74. The second-order valence-electron chi connectivity index (χ2n) is 1.23. The van der Waals surface area contributed by atoms with Gasteiger partial charge in [-0.1, -0.05) is 0 Å². The first-order valence-corrected chi connectivity index (χ1v) is 2.42. The number of hydrogen-bond donors (Lipinski definition) is 0. The van der Waals surface area contributed by atoms with Gasteiger partial charge in [0.1, 0.15) is 13.5 Å². The van der Waals surface area contributed by atoms with E-state index in [4.69, 9.17) is 9.47 Å². The van der Waals surface area contributed by atoms with E-state index in [2.05, 4.69) is 23.4 Å². The molecule has 0 fully saturated rings. The molecule has 0 atom stereocenters. The smallest absolute Gasteiger partial charge is 0.151 e. The van der Waals surface area contributed by atoms with Gasteiger partial charge in [-0.3, -0.25) is 9.98 Å². The summed E-state index contributed by atoms with van der Waals surface area (Å²) in [4.78, 5) is 6.87. The van der Waals surface area contributed by atoms with Crippen LogP contribution in [0.3, 0.4) is 0 Å². The Morgan fingerprint density at radius 1 is 1.00 bits per heavy atom. The van der Waals surface area contributed by atoms with Crippen molar-refractivity contribution in [3.8, 4) is 0 Å². The Morgan fingerprint density at radius 3 is 1.78 bits per heavy atom. The number of aliphatic imine (C=N–C) groups is 2. The van der Waals surface area contributed by atoms with Crippen LogP contribution >= 0.6 is 0 Å². The van der Waals surface area contributed by atoms with E-state index in [0.717, 1.165) is 0 Å². The zero-order valence-corrected chi connectivity index (χ0v) is 5.25. The van der Waals surface area contributed by atoms with E-state index in [1.54, 1.807) is 0 Å². The van der Waals surface area contributed by atoms with Crippen molar-refractivity contribution in [1.29, 1.82) is 0 Å². The lowest BCUT2D eigenvalue weighted by Gasteiger charge is -1.97. The van der Waals surface area contributed by atoms with Crippen LogP contribution in [-0.4, -0.2) is 33.7 Å². The highest BCUT2D eigenvalue weighted by Gasteiger charge is 1.80. The van der Waals surface area contributed by atoms with Crippen molar-refractivity contribution in [3.05, 3.63) is 0 Å². The lowest BCUT2D eigenvalue weighted by atomic mass is 11.2. The van der Waals surface area contributed by atoms with E-state index in [1.807, 2.05) is 0 Å². The third kappa shape index (κ3) is 7.26. The number of rotatable bonds is 6. The standard InChI is InChI=1S/C5H10N2O2/c1-6-3-8-5-9-4-7-2/h1-5H2. The average Bonchev–Trinajstić information content (AvgIpc) is 1.89.